The number of imidazole rings is 1. The summed E-state index contributed by atoms with van der Waals surface area (Å²) in [4.78, 5) is 17.8. The Kier molecular flexibility index (Phi) is 1.07. The van der Waals surface area contributed by atoms with Crippen LogP contribution in [0.15, 0.2) is 6.33 Å². The summed E-state index contributed by atoms with van der Waals surface area (Å²) in [6.07, 6.45) is 1.55. The van der Waals surface area contributed by atoms with Gasteiger partial charge in [0.2, 0.25) is 0 Å². The first-order chi connectivity index (χ1) is 4.88. The minimum atomic E-state index is 0.0718. The number of nitrogens with one attached hydrogen (secondary N) is 2. The van der Waals surface area contributed by atoms with E-state index >= 15 is 0 Å². The minimum absolute atomic E-state index is 0.0718. The molecule has 0 saturated heterocycles. The molecule has 0 aliphatic carbocycles. The first kappa shape index (κ1) is 5.61. The van der Waals surface area contributed by atoms with Gasteiger partial charge in [-0.1, -0.05) is 0 Å². The van der Waals surface area contributed by atoms with E-state index in [1.54, 1.807) is 6.33 Å². The van der Waals surface area contributed by atoms with Crippen LogP contribution in [0.2, 0.25) is 0 Å². The summed E-state index contributed by atoms with van der Waals surface area (Å²) in [5, 5.41) is 2.96. The summed E-state index contributed by atoms with van der Waals surface area (Å²) in [7, 11) is 0. The van der Waals surface area contributed by atoms with Crippen molar-refractivity contribution in [2.45, 2.75) is 6.54 Å². The van der Waals surface area contributed by atoms with Gasteiger partial charge >= 0.3 is 0 Å². The highest BCUT2D eigenvalue weighted by Crippen LogP contribution is 2.06. The summed E-state index contributed by atoms with van der Waals surface area (Å²) >= 11 is 0. The maximum atomic E-state index is 11.0. The van der Waals surface area contributed by atoms with Crippen LogP contribution in [0.1, 0.15) is 16.2 Å². The monoisotopic (exact) mass is 137 g/mol. The zero-order chi connectivity index (χ0) is 6.97. The van der Waals surface area contributed by atoms with Crippen molar-refractivity contribution in [2.24, 2.45) is 0 Å². The van der Waals surface area contributed by atoms with Gasteiger partial charge in [0.1, 0.15) is 5.69 Å². The van der Waals surface area contributed by atoms with E-state index in [4.69, 9.17) is 0 Å². The second-order valence-corrected chi connectivity index (χ2v) is 2.26. The van der Waals surface area contributed by atoms with Crippen molar-refractivity contribution in [3.05, 3.63) is 17.7 Å². The maximum absolute atomic E-state index is 11.0. The fraction of sp³-hybridized carbons (Fsp3) is 0.333. The normalized spacial score (nSPS) is 17.0. The van der Waals surface area contributed by atoms with Crippen molar-refractivity contribution >= 4 is 5.78 Å². The lowest BCUT2D eigenvalue weighted by atomic mass is 10.2. The van der Waals surface area contributed by atoms with Crippen LogP contribution in [-0.2, 0) is 6.54 Å². The number of aromatic amines is 1. The molecule has 1 aliphatic rings. The Morgan fingerprint density at radius 2 is 2.40 bits per heavy atom. The fourth-order valence-corrected chi connectivity index (χ4v) is 1.08. The lowest BCUT2D eigenvalue weighted by molar-refractivity contribution is 0.0977. The molecule has 2 heterocycles. The summed E-state index contributed by atoms with van der Waals surface area (Å²) in [6, 6.07) is 0. The van der Waals surface area contributed by atoms with Crippen molar-refractivity contribution in [3.8, 4) is 0 Å². The van der Waals surface area contributed by atoms with Crippen molar-refractivity contribution in [1.82, 2.24) is 15.3 Å². The van der Waals surface area contributed by atoms with Crippen LogP contribution < -0.4 is 5.32 Å². The number of fused-ring (bicyclic) bond motifs is 1. The first-order valence-electron chi connectivity index (χ1n) is 3.14. The Morgan fingerprint density at radius 3 is 3.20 bits per heavy atom. The smallest absolute Gasteiger partial charge is 0.196 e. The van der Waals surface area contributed by atoms with Crippen LogP contribution >= 0.6 is 0 Å². The van der Waals surface area contributed by atoms with Crippen molar-refractivity contribution in [2.75, 3.05) is 6.54 Å². The SMILES string of the molecule is O=C1CNCc2[nH]cnc21. The molecular weight excluding hydrogens is 130 g/mol. The van der Waals surface area contributed by atoms with E-state index in [0.29, 0.717) is 12.2 Å². The highest BCUT2D eigenvalue weighted by atomic mass is 16.1. The molecule has 52 valence electrons. The van der Waals surface area contributed by atoms with Crippen molar-refractivity contribution in [1.29, 1.82) is 0 Å². The average molecular weight is 137 g/mol. The highest BCUT2D eigenvalue weighted by molar-refractivity contribution is 5.97. The molecule has 0 saturated carbocycles. The zero-order valence-electron chi connectivity index (χ0n) is 5.35. The molecule has 0 spiro atoms. The van der Waals surface area contributed by atoms with E-state index < -0.39 is 0 Å². The second-order valence-electron chi connectivity index (χ2n) is 2.26. The number of hydrogen-bond donors (Lipinski definition) is 2. The van der Waals surface area contributed by atoms with E-state index in [2.05, 4.69) is 15.3 Å². The number of rotatable bonds is 0. The molecule has 0 amide bonds. The third-order valence-electron chi connectivity index (χ3n) is 1.57. The summed E-state index contributed by atoms with van der Waals surface area (Å²) < 4.78 is 0. The van der Waals surface area contributed by atoms with Crippen LogP contribution in [-0.4, -0.2) is 22.3 Å². The lowest BCUT2D eigenvalue weighted by Gasteiger charge is -2.08. The Hall–Kier alpha value is -1.16. The molecule has 2 rings (SSSR count). The van der Waals surface area contributed by atoms with Gasteiger partial charge in [0.25, 0.3) is 0 Å². The number of Topliss-reactive ketones (excluding diaryl/α,β-unsaturated/α-hetero) is 1. The van der Waals surface area contributed by atoms with Gasteiger partial charge in [0.15, 0.2) is 5.78 Å². The maximum Gasteiger partial charge on any atom is 0.196 e. The molecule has 4 heteroatoms. The molecule has 0 fully saturated rings. The van der Waals surface area contributed by atoms with Gasteiger partial charge in [0.05, 0.1) is 18.6 Å². The number of H-pyrrole nitrogens is 1. The number of hydrogen-bond acceptors (Lipinski definition) is 3. The van der Waals surface area contributed by atoms with Crippen LogP contribution in [0.5, 0.6) is 0 Å². The summed E-state index contributed by atoms with van der Waals surface area (Å²) in [5.41, 5.74) is 1.50. The van der Waals surface area contributed by atoms with Gasteiger partial charge in [-0.3, -0.25) is 4.79 Å². The van der Waals surface area contributed by atoms with Gasteiger partial charge < -0.3 is 10.3 Å². The largest absolute Gasteiger partial charge is 0.347 e. The van der Waals surface area contributed by atoms with Crippen molar-refractivity contribution < 1.29 is 4.79 Å². The minimum Gasteiger partial charge on any atom is -0.347 e. The standard InChI is InChI=1S/C6H7N3O/c10-5-2-7-1-4-6(5)9-3-8-4/h3,7H,1-2H2,(H,8,9). The molecule has 10 heavy (non-hydrogen) atoms. The molecule has 0 bridgehead atoms. The Balaban J connectivity index is 2.50. The molecule has 1 aliphatic heterocycles. The molecule has 0 aromatic carbocycles. The van der Waals surface area contributed by atoms with Gasteiger partial charge in [-0.25, -0.2) is 4.98 Å². The highest BCUT2D eigenvalue weighted by Gasteiger charge is 2.17. The predicted molar refractivity (Wildman–Crippen MR) is 34.6 cm³/mol. The van der Waals surface area contributed by atoms with Gasteiger partial charge in [-0.2, -0.15) is 0 Å². The summed E-state index contributed by atoms with van der Waals surface area (Å²) in [5.74, 6) is 0.0718. The third-order valence-corrected chi connectivity index (χ3v) is 1.57. The second kappa shape index (κ2) is 1.91. The predicted octanol–water partition coefficient (Wildman–Crippen LogP) is -0.304. The number of aromatic nitrogens is 2. The van der Waals surface area contributed by atoms with E-state index in [9.17, 15) is 4.79 Å². The van der Waals surface area contributed by atoms with E-state index in [-0.39, 0.29) is 5.78 Å². The molecule has 1 aromatic heterocycles. The van der Waals surface area contributed by atoms with Crippen molar-refractivity contribution in [3.63, 3.8) is 0 Å². The molecular formula is C6H7N3O. The number of ketones is 1. The Morgan fingerprint density at radius 1 is 1.50 bits per heavy atom. The van der Waals surface area contributed by atoms with E-state index in [1.165, 1.54) is 0 Å². The van der Waals surface area contributed by atoms with Crippen LogP contribution in [0, 0.1) is 0 Å². The van der Waals surface area contributed by atoms with Gasteiger partial charge in [-0.15, -0.1) is 0 Å². The van der Waals surface area contributed by atoms with Crippen LogP contribution in [0.25, 0.3) is 0 Å². The van der Waals surface area contributed by atoms with Gasteiger partial charge in [-0.05, 0) is 0 Å². The van der Waals surface area contributed by atoms with E-state index in [1.807, 2.05) is 0 Å². The molecule has 1 aromatic rings. The average Bonchev–Trinajstić information content (AvgIpc) is 2.36. The molecule has 0 unspecified atom stereocenters. The number of carbonyl (C=O) groups is 1. The molecule has 0 atom stereocenters. The molecule has 0 radical (unpaired) electrons. The Labute approximate surface area is 57.7 Å². The van der Waals surface area contributed by atoms with Crippen LogP contribution in [0.3, 0.4) is 0 Å². The fourth-order valence-electron chi connectivity index (χ4n) is 1.08. The third kappa shape index (κ3) is 0.657. The number of nitrogens with zero attached hydrogens (tertiary/aromatic N) is 1. The van der Waals surface area contributed by atoms with Gasteiger partial charge in [0, 0.05) is 6.54 Å². The van der Waals surface area contributed by atoms with E-state index in [0.717, 1.165) is 12.2 Å². The zero-order valence-corrected chi connectivity index (χ0v) is 5.35. The summed E-state index contributed by atoms with van der Waals surface area (Å²) in [6.45, 7) is 1.14. The molecule has 2 N–H and O–H groups in total. The number of carbonyl (C=O) groups excluding carboxylic acids is 1. The topological polar surface area (TPSA) is 57.8 Å². The molecule has 4 nitrogen and oxygen atoms in total. The lowest BCUT2D eigenvalue weighted by Crippen LogP contribution is -2.29. The van der Waals surface area contributed by atoms with Crippen LogP contribution in [0.4, 0.5) is 0 Å². The quantitative estimate of drug-likeness (QED) is 0.516. The Bertz CT molecular complexity index is 266. The first-order valence-corrected chi connectivity index (χ1v) is 3.14.